The summed E-state index contributed by atoms with van der Waals surface area (Å²) in [6.07, 6.45) is 5.00. The molecular weight excluding hydrogens is 192 g/mol. The van der Waals surface area contributed by atoms with Crippen LogP contribution in [0.15, 0.2) is 0 Å². The Morgan fingerprint density at radius 1 is 1.36 bits per heavy atom. The fraction of sp³-hybridized carbons (Fsp3) is 1.00. The molecule has 2 fully saturated rings. The molecule has 2 rings (SSSR count). The Kier molecular flexibility index (Phi) is 3.74. The quantitative estimate of drug-likeness (QED) is 0.748. The second-order valence-electron chi connectivity index (χ2n) is 4.68. The molecule has 3 atom stereocenters. The molecule has 2 nitrogen and oxygen atoms in total. The zero-order chi connectivity index (χ0) is 9.97. The number of hydrogen-bond donors (Lipinski definition) is 1. The Labute approximate surface area is 91.8 Å². The summed E-state index contributed by atoms with van der Waals surface area (Å²) in [6, 6.07) is 0.855. The topological polar surface area (TPSA) is 15.3 Å². The first-order valence-electron chi connectivity index (χ1n) is 5.79. The molecule has 0 spiro atoms. The number of nitrogens with one attached hydrogen (secondary N) is 1. The summed E-state index contributed by atoms with van der Waals surface area (Å²) in [6.45, 7) is 7.49. The van der Waals surface area contributed by atoms with E-state index in [9.17, 15) is 0 Å². The summed E-state index contributed by atoms with van der Waals surface area (Å²) in [5.74, 6) is 0.837. The Morgan fingerprint density at radius 2 is 2.21 bits per heavy atom. The minimum absolute atomic E-state index is 0.837. The molecule has 2 saturated heterocycles. The van der Waals surface area contributed by atoms with Gasteiger partial charge >= 0.3 is 0 Å². The van der Waals surface area contributed by atoms with Gasteiger partial charge in [0.05, 0.1) is 0 Å². The lowest BCUT2D eigenvalue weighted by molar-refractivity contribution is 0.148. The maximum absolute atomic E-state index is 3.48. The fourth-order valence-corrected chi connectivity index (χ4v) is 3.47. The molecule has 14 heavy (non-hydrogen) atoms. The zero-order valence-electron chi connectivity index (χ0n) is 9.33. The van der Waals surface area contributed by atoms with E-state index in [4.69, 9.17) is 0 Å². The van der Waals surface area contributed by atoms with Gasteiger partial charge in [-0.3, -0.25) is 4.90 Å². The average Bonchev–Trinajstić information content (AvgIpc) is 2.67. The summed E-state index contributed by atoms with van der Waals surface area (Å²) in [5, 5.41) is 4.38. The van der Waals surface area contributed by atoms with Crippen molar-refractivity contribution in [2.45, 2.75) is 31.1 Å². The molecule has 2 aliphatic heterocycles. The molecule has 0 aromatic heterocycles. The number of nitrogens with zero attached hydrogens (tertiary/aromatic N) is 1. The van der Waals surface area contributed by atoms with Gasteiger partial charge in [0.25, 0.3) is 0 Å². The van der Waals surface area contributed by atoms with Crippen LogP contribution in [0.2, 0.25) is 0 Å². The average molecular weight is 214 g/mol. The third kappa shape index (κ3) is 2.26. The first-order chi connectivity index (χ1) is 6.81. The second-order valence-corrected chi connectivity index (χ2v) is 5.82. The minimum Gasteiger partial charge on any atom is -0.316 e. The molecule has 0 aromatic carbocycles. The molecule has 2 aliphatic rings. The van der Waals surface area contributed by atoms with Crippen LogP contribution in [0.1, 0.15) is 19.8 Å². The van der Waals surface area contributed by atoms with Crippen LogP contribution in [0.4, 0.5) is 0 Å². The Bertz CT molecular complexity index is 186. The van der Waals surface area contributed by atoms with Gasteiger partial charge in [0.2, 0.25) is 0 Å². The van der Waals surface area contributed by atoms with E-state index < -0.39 is 0 Å². The van der Waals surface area contributed by atoms with Gasteiger partial charge in [0, 0.05) is 17.8 Å². The van der Waals surface area contributed by atoms with Crippen LogP contribution in [-0.4, -0.2) is 48.6 Å². The van der Waals surface area contributed by atoms with Crippen LogP contribution >= 0.6 is 11.8 Å². The van der Waals surface area contributed by atoms with E-state index >= 15 is 0 Å². The summed E-state index contributed by atoms with van der Waals surface area (Å²) in [7, 11) is 0. The number of piperidine rings is 1. The lowest BCUT2D eigenvalue weighted by Crippen LogP contribution is -2.47. The zero-order valence-corrected chi connectivity index (χ0v) is 10.1. The van der Waals surface area contributed by atoms with Crippen molar-refractivity contribution in [3.63, 3.8) is 0 Å². The van der Waals surface area contributed by atoms with E-state index in [2.05, 4.69) is 23.4 Å². The third-order valence-corrected chi connectivity index (χ3v) is 4.77. The van der Waals surface area contributed by atoms with Gasteiger partial charge in [-0.15, -0.1) is 0 Å². The van der Waals surface area contributed by atoms with Crippen molar-refractivity contribution in [1.29, 1.82) is 0 Å². The maximum Gasteiger partial charge on any atom is 0.0184 e. The molecule has 0 radical (unpaired) electrons. The van der Waals surface area contributed by atoms with Crippen molar-refractivity contribution in [3.05, 3.63) is 0 Å². The van der Waals surface area contributed by atoms with E-state index in [1.807, 2.05) is 11.8 Å². The van der Waals surface area contributed by atoms with Crippen LogP contribution < -0.4 is 5.32 Å². The predicted octanol–water partition coefficient (Wildman–Crippen LogP) is 1.42. The van der Waals surface area contributed by atoms with Crippen molar-refractivity contribution >= 4 is 11.8 Å². The molecule has 0 bridgehead atoms. The smallest absolute Gasteiger partial charge is 0.0184 e. The largest absolute Gasteiger partial charge is 0.316 e. The van der Waals surface area contributed by atoms with Crippen molar-refractivity contribution in [2.75, 3.05) is 32.4 Å². The molecule has 0 aromatic rings. The van der Waals surface area contributed by atoms with Gasteiger partial charge in [-0.1, -0.05) is 6.92 Å². The molecule has 0 amide bonds. The van der Waals surface area contributed by atoms with Crippen molar-refractivity contribution in [1.82, 2.24) is 10.2 Å². The van der Waals surface area contributed by atoms with Crippen LogP contribution in [-0.2, 0) is 0 Å². The highest BCUT2D eigenvalue weighted by Gasteiger charge is 2.31. The van der Waals surface area contributed by atoms with Crippen LogP contribution in [0.5, 0.6) is 0 Å². The Hall–Kier alpha value is 0.270. The Morgan fingerprint density at radius 3 is 2.86 bits per heavy atom. The second kappa shape index (κ2) is 4.86. The maximum atomic E-state index is 3.48. The highest BCUT2D eigenvalue weighted by Crippen LogP contribution is 2.26. The Balaban J connectivity index is 1.88. The number of likely N-dealkylation sites (tertiary alicyclic amines) is 1. The van der Waals surface area contributed by atoms with E-state index in [0.29, 0.717) is 0 Å². The molecule has 82 valence electrons. The molecular formula is C11H22N2S. The molecule has 0 aliphatic carbocycles. The van der Waals surface area contributed by atoms with Crippen LogP contribution in [0, 0.1) is 5.92 Å². The fourth-order valence-electron chi connectivity index (χ4n) is 2.79. The van der Waals surface area contributed by atoms with Gasteiger partial charge in [0.1, 0.15) is 0 Å². The summed E-state index contributed by atoms with van der Waals surface area (Å²) < 4.78 is 0. The molecule has 3 heteroatoms. The highest BCUT2D eigenvalue weighted by atomic mass is 32.2. The predicted molar refractivity (Wildman–Crippen MR) is 63.9 cm³/mol. The van der Waals surface area contributed by atoms with Gasteiger partial charge in [-0.2, -0.15) is 11.8 Å². The standard InChI is InChI=1S/C11H22N2S/c1-9-7-12-5-3-11(9)13-6-4-10(8-13)14-2/h9-12H,3-8H2,1-2H3. The van der Waals surface area contributed by atoms with E-state index in [-0.39, 0.29) is 0 Å². The third-order valence-electron chi connectivity index (χ3n) is 3.72. The summed E-state index contributed by atoms with van der Waals surface area (Å²) in [5.41, 5.74) is 0. The van der Waals surface area contributed by atoms with Gasteiger partial charge < -0.3 is 5.32 Å². The van der Waals surface area contributed by atoms with Gasteiger partial charge in [0.15, 0.2) is 0 Å². The SMILES string of the molecule is CSC1CCN(C2CCNCC2C)C1. The van der Waals surface area contributed by atoms with Gasteiger partial charge in [-0.05, 0) is 44.6 Å². The normalized spacial score (nSPS) is 40.3. The van der Waals surface area contributed by atoms with Crippen molar-refractivity contribution in [3.8, 4) is 0 Å². The highest BCUT2D eigenvalue weighted by molar-refractivity contribution is 7.99. The van der Waals surface area contributed by atoms with E-state index in [1.54, 1.807) is 0 Å². The molecule has 3 unspecified atom stereocenters. The molecule has 0 saturated carbocycles. The monoisotopic (exact) mass is 214 g/mol. The van der Waals surface area contributed by atoms with Crippen molar-refractivity contribution in [2.24, 2.45) is 5.92 Å². The number of thioether (sulfide) groups is 1. The number of hydrogen-bond acceptors (Lipinski definition) is 3. The number of rotatable bonds is 2. The lowest BCUT2D eigenvalue weighted by Gasteiger charge is -2.36. The minimum atomic E-state index is 0.837. The first-order valence-corrected chi connectivity index (χ1v) is 7.07. The van der Waals surface area contributed by atoms with Crippen LogP contribution in [0.3, 0.4) is 0 Å². The van der Waals surface area contributed by atoms with E-state index in [1.165, 1.54) is 39.0 Å². The lowest BCUT2D eigenvalue weighted by atomic mass is 9.94. The molecule has 1 N–H and O–H groups in total. The van der Waals surface area contributed by atoms with Crippen molar-refractivity contribution < 1.29 is 0 Å². The molecule has 2 heterocycles. The summed E-state index contributed by atoms with van der Waals surface area (Å²) in [4.78, 5) is 2.73. The van der Waals surface area contributed by atoms with E-state index in [0.717, 1.165) is 17.2 Å². The first kappa shape index (κ1) is 10.8. The van der Waals surface area contributed by atoms with Crippen LogP contribution in [0.25, 0.3) is 0 Å². The van der Waals surface area contributed by atoms with Gasteiger partial charge in [-0.25, -0.2) is 0 Å². The summed E-state index contributed by atoms with van der Waals surface area (Å²) >= 11 is 2.04.